The van der Waals surface area contributed by atoms with Crippen LogP contribution in [0.3, 0.4) is 0 Å². The highest BCUT2D eigenvalue weighted by Crippen LogP contribution is 2.33. The van der Waals surface area contributed by atoms with Gasteiger partial charge in [0.1, 0.15) is 11.8 Å². The van der Waals surface area contributed by atoms with Crippen LogP contribution in [0.2, 0.25) is 0 Å². The van der Waals surface area contributed by atoms with Crippen molar-refractivity contribution < 1.29 is 26.4 Å². The van der Waals surface area contributed by atoms with E-state index in [-0.39, 0.29) is 39.1 Å². The van der Waals surface area contributed by atoms with Gasteiger partial charge in [0.15, 0.2) is 0 Å². The fourth-order valence-electron chi connectivity index (χ4n) is 4.72. The maximum Gasteiger partial charge on any atom is 0.244 e. The molecule has 0 radical (unpaired) electrons. The molecule has 0 saturated carbocycles. The summed E-state index contributed by atoms with van der Waals surface area (Å²) in [5.41, 5.74) is 2.71. The van der Waals surface area contributed by atoms with Crippen molar-refractivity contribution in [1.82, 2.24) is 4.31 Å². The fraction of sp³-hybridized carbons (Fsp3) is 0.167. The lowest BCUT2D eigenvalue weighted by Gasteiger charge is -2.35. The van der Waals surface area contributed by atoms with Gasteiger partial charge in [0.25, 0.3) is 0 Å². The number of aryl methyl sites for hydroxylation is 1. The van der Waals surface area contributed by atoms with Gasteiger partial charge in [0.05, 0.1) is 27.5 Å². The molecule has 0 aliphatic carbocycles. The lowest BCUT2D eigenvalue weighted by atomic mass is 9.95. The second-order valence-corrected chi connectivity index (χ2v) is 13.4. The van der Waals surface area contributed by atoms with Crippen LogP contribution >= 0.6 is 0 Å². The zero-order valence-electron chi connectivity index (χ0n) is 21.9. The molecule has 1 amide bonds. The maximum absolute atomic E-state index is 13.8. The highest BCUT2D eigenvalue weighted by atomic mass is 32.2. The van der Waals surface area contributed by atoms with Crippen molar-refractivity contribution in [2.45, 2.75) is 40.6 Å². The van der Waals surface area contributed by atoms with E-state index in [1.54, 1.807) is 30.3 Å². The Morgan fingerprint density at radius 1 is 0.800 bits per heavy atom. The Kier molecular flexibility index (Phi) is 7.50. The van der Waals surface area contributed by atoms with Crippen LogP contribution < -0.4 is 10.1 Å². The summed E-state index contributed by atoms with van der Waals surface area (Å²) < 4.78 is 60.6. The first-order valence-electron chi connectivity index (χ1n) is 12.6. The average Bonchev–Trinajstić information content (AvgIpc) is 2.97. The normalized spacial score (nSPS) is 15.7. The third-order valence-electron chi connectivity index (χ3n) is 6.93. The van der Waals surface area contributed by atoms with Crippen molar-refractivity contribution in [3.63, 3.8) is 0 Å². The van der Waals surface area contributed by atoms with Crippen LogP contribution in [0.25, 0.3) is 0 Å². The molecule has 0 unspecified atom stereocenters. The van der Waals surface area contributed by atoms with Crippen molar-refractivity contribution in [1.29, 1.82) is 0 Å². The van der Waals surface area contributed by atoms with Crippen LogP contribution in [0, 0.1) is 6.92 Å². The van der Waals surface area contributed by atoms with Crippen LogP contribution in [-0.2, 0) is 37.6 Å². The summed E-state index contributed by atoms with van der Waals surface area (Å²) in [5, 5.41) is 2.75. The van der Waals surface area contributed by atoms with Crippen molar-refractivity contribution >= 4 is 31.5 Å². The van der Waals surface area contributed by atoms with E-state index in [0.29, 0.717) is 0 Å². The molecule has 5 rings (SSSR count). The van der Waals surface area contributed by atoms with Crippen LogP contribution in [0.15, 0.2) is 112 Å². The second-order valence-electron chi connectivity index (χ2n) is 9.52. The predicted octanol–water partition coefficient (Wildman–Crippen LogP) is 4.59. The molecular weight excluding hydrogens is 548 g/mol. The third-order valence-corrected chi connectivity index (χ3v) is 10.6. The fourth-order valence-corrected chi connectivity index (χ4v) is 7.60. The molecule has 4 aromatic rings. The van der Waals surface area contributed by atoms with Crippen molar-refractivity contribution in [3.05, 3.63) is 114 Å². The molecule has 1 aliphatic heterocycles. The highest BCUT2D eigenvalue weighted by Gasteiger charge is 2.40. The van der Waals surface area contributed by atoms with E-state index in [2.05, 4.69) is 5.32 Å². The van der Waals surface area contributed by atoms with E-state index >= 15 is 0 Å². The Bertz CT molecular complexity index is 1770. The van der Waals surface area contributed by atoms with Gasteiger partial charge in [0, 0.05) is 6.54 Å². The molecule has 8 nitrogen and oxygen atoms in total. The third kappa shape index (κ3) is 5.25. The van der Waals surface area contributed by atoms with Gasteiger partial charge in [-0.2, -0.15) is 4.31 Å². The number of anilines is 1. The zero-order chi connectivity index (χ0) is 28.5. The van der Waals surface area contributed by atoms with Crippen molar-refractivity contribution in [3.8, 4) is 5.75 Å². The number of rotatable bonds is 7. The van der Waals surface area contributed by atoms with Crippen LogP contribution in [0.4, 0.5) is 5.69 Å². The maximum atomic E-state index is 13.8. The molecule has 4 aromatic carbocycles. The molecular formula is C30H28N2O6S2. The van der Waals surface area contributed by atoms with Crippen LogP contribution in [0.1, 0.15) is 16.7 Å². The molecule has 1 aliphatic rings. The molecule has 1 atom stereocenters. The minimum Gasteiger partial charge on any atom is -0.495 e. The first kappa shape index (κ1) is 27.6. The van der Waals surface area contributed by atoms with Crippen LogP contribution in [-0.4, -0.2) is 40.2 Å². The monoisotopic (exact) mass is 576 g/mol. The summed E-state index contributed by atoms with van der Waals surface area (Å²) in [7, 11) is -6.52. The van der Waals surface area contributed by atoms with Gasteiger partial charge in [-0.25, -0.2) is 16.8 Å². The summed E-state index contributed by atoms with van der Waals surface area (Å²) in [6.07, 6.45) is 0.150. The molecule has 40 heavy (non-hydrogen) atoms. The van der Waals surface area contributed by atoms with E-state index in [1.165, 1.54) is 53.9 Å². The number of carbonyl (C=O) groups excluding carboxylic acids is 1. The molecule has 0 fully saturated rings. The topological polar surface area (TPSA) is 110 Å². The average molecular weight is 577 g/mol. The van der Waals surface area contributed by atoms with E-state index in [1.807, 2.05) is 31.2 Å². The van der Waals surface area contributed by atoms with Gasteiger partial charge >= 0.3 is 0 Å². The van der Waals surface area contributed by atoms with Gasteiger partial charge in [-0.15, -0.1) is 0 Å². The predicted molar refractivity (Wildman–Crippen MR) is 151 cm³/mol. The molecule has 1 heterocycles. The number of carbonyl (C=O) groups is 1. The minimum atomic E-state index is -4.05. The van der Waals surface area contributed by atoms with E-state index in [0.717, 1.165) is 16.7 Å². The summed E-state index contributed by atoms with van der Waals surface area (Å²) >= 11 is 0. The van der Waals surface area contributed by atoms with Gasteiger partial charge in [-0.1, -0.05) is 60.2 Å². The van der Waals surface area contributed by atoms with Gasteiger partial charge in [-0.05, 0) is 66.9 Å². The number of sulfone groups is 1. The molecule has 1 N–H and O–H groups in total. The Hall–Kier alpha value is -3.99. The Morgan fingerprint density at radius 2 is 1.43 bits per heavy atom. The lowest BCUT2D eigenvalue weighted by molar-refractivity contribution is -0.120. The summed E-state index contributed by atoms with van der Waals surface area (Å²) in [5.74, 6) is -0.359. The zero-order valence-corrected chi connectivity index (χ0v) is 23.6. The Morgan fingerprint density at radius 3 is 2.10 bits per heavy atom. The number of ether oxygens (including phenoxy) is 1. The summed E-state index contributed by atoms with van der Waals surface area (Å²) in [4.78, 5) is 14.0. The number of sulfonamides is 1. The quantitative estimate of drug-likeness (QED) is 0.345. The van der Waals surface area contributed by atoms with E-state index in [4.69, 9.17) is 4.74 Å². The van der Waals surface area contributed by atoms with Gasteiger partial charge < -0.3 is 10.1 Å². The Labute approximate surface area is 234 Å². The molecule has 0 bridgehead atoms. The lowest BCUT2D eigenvalue weighted by Crippen LogP contribution is -2.50. The van der Waals surface area contributed by atoms with Crippen molar-refractivity contribution in [2.24, 2.45) is 0 Å². The van der Waals surface area contributed by atoms with E-state index < -0.39 is 31.8 Å². The number of hydrogen-bond donors (Lipinski definition) is 1. The molecule has 206 valence electrons. The highest BCUT2D eigenvalue weighted by molar-refractivity contribution is 7.91. The summed E-state index contributed by atoms with van der Waals surface area (Å²) in [6.45, 7) is 1.88. The molecule has 0 saturated heterocycles. The van der Waals surface area contributed by atoms with Gasteiger partial charge in [0.2, 0.25) is 25.8 Å². The van der Waals surface area contributed by atoms with Crippen LogP contribution in [0.5, 0.6) is 5.75 Å². The number of amides is 1. The number of nitrogens with zero attached hydrogens (tertiary/aromatic N) is 1. The van der Waals surface area contributed by atoms with Crippen molar-refractivity contribution in [2.75, 3.05) is 12.4 Å². The number of hydrogen-bond acceptors (Lipinski definition) is 6. The smallest absolute Gasteiger partial charge is 0.244 e. The SMILES string of the molecule is COc1ccc(S(=O)(=O)c2ccccc2)cc1NC(=O)[C@H]1Cc2ccccc2CN1S(=O)(=O)c1ccc(C)cc1. The minimum absolute atomic E-state index is 0.0179. The summed E-state index contributed by atoms with van der Waals surface area (Å²) in [6, 6.07) is 25.0. The number of fused-ring (bicyclic) bond motifs is 1. The number of benzene rings is 4. The standard InChI is InChI=1S/C30H28N2O6S2/c1-21-12-14-25(15-13-21)40(36,37)32-20-23-9-7-6-8-22(23)18-28(32)30(33)31-27-19-26(16-17-29(27)38-2)39(34,35)24-10-4-3-5-11-24/h3-17,19,28H,18,20H2,1-2H3,(H,31,33)/t28-/m1/s1. The number of nitrogens with one attached hydrogen (secondary N) is 1. The number of methoxy groups -OCH3 is 1. The Balaban J connectivity index is 1.52. The molecule has 0 spiro atoms. The molecule has 0 aromatic heterocycles. The van der Waals surface area contributed by atoms with E-state index in [9.17, 15) is 21.6 Å². The largest absolute Gasteiger partial charge is 0.495 e. The van der Waals surface area contributed by atoms with Gasteiger partial charge in [-0.3, -0.25) is 4.79 Å². The first-order valence-corrected chi connectivity index (χ1v) is 15.5. The first-order chi connectivity index (χ1) is 19.1. The second kappa shape index (κ2) is 10.9. The molecule has 10 heteroatoms.